The number of hydrogen-bond donors (Lipinski definition) is 0. The van der Waals surface area contributed by atoms with Gasteiger partial charge in [-0.3, -0.25) is 0 Å². The maximum atomic E-state index is 12.5. The summed E-state index contributed by atoms with van der Waals surface area (Å²) in [7, 11) is 0. The molecule has 1 aromatic rings. The maximum Gasteiger partial charge on any atom is 0.457 e. The SMILES string of the molecule is FC(Oc1cccc(Cl)c1Cl)C(F)(F)F. The molecule has 0 aliphatic carbocycles. The van der Waals surface area contributed by atoms with E-state index in [1.807, 2.05) is 0 Å². The lowest BCUT2D eigenvalue weighted by molar-refractivity contribution is -0.236. The molecule has 1 aromatic carbocycles. The van der Waals surface area contributed by atoms with E-state index in [2.05, 4.69) is 4.74 Å². The van der Waals surface area contributed by atoms with Gasteiger partial charge in [0.15, 0.2) is 0 Å². The summed E-state index contributed by atoms with van der Waals surface area (Å²) in [5, 5.41) is -0.269. The first-order valence-electron chi connectivity index (χ1n) is 3.64. The molecule has 0 N–H and O–H groups in total. The fourth-order valence-electron chi connectivity index (χ4n) is 0.753. The van der Waals surface area contributed by atoms with Crippen LogP contribution >= 0.6 is 23.2 Å². The predicted octanol–water partition coefficient (Wildman–Crippen LogP) is 4.23. The Morgan fingerprint density at radius 2 is 1.80 bits per heavy atom. The summed E-state index contributed by atoms with van der Waals surface area (Å²) in [6.07, 6.45) is -8.51. The van der Waals surface area contributed by atoms with Crippen LogP contribution in [0.4, 0.5) is 17.6 Å². The molecule has 1 unspecified atom stereocenters. The topological polar surface area (TPSA) is 9.23 Å². The molecule has 1 rings (SSSR count). The van der Waals surface area contributed by atoms with Gasteiger partial charge in [-0.1, -0.05) is 29.3 Å². The molecule has 0 aliphatic heterocycles. The van der Waals surface area contributed by atoms with Crippen LogP contribution in [0, 0.1) is 0 Å². The molecule has 84 valence electrons. The highest BCUT2D eigenvalue weighted by atomic mass is 35.5. The van der Waals surface area contributed by atoms with E-state index in [1.54, 1.807) is 0 Å². The summed E-state index contributed by atoms with van der Waals surface area (Å²) in [4.78, 5) is 0. The van der Waals surface area contributed by atoms with E-state index in [9.17, 15) is 17.6 Å². The molecule has 0 aliphatic rings. The van der Waals surface area contributed by atoms with Crippen molar-refractivity contribution in [3.8, 4) is 5.75 Å². The van der Waals surface area contributed by atoms with Gasteiger partial charge in [0.25, 0.3) is 0 Å². The minimum Gasteiger partial charge on any atom is -0.450 e. The zero-order valence-corrected chi connectivity index (χ0v) is 8.50. The second-order valence-electron chi connectivity index (χ2n) is 2.53. The first-order valence-corrected chi connectivity index (χ1v) is 4.39. The summed E-state index contributed by atoms with van der Waals surface area (Å²) >= 11 is 11.0. The Balaban J connectivity index is 2.86. The van der Waals surface area contributed by atoms with Crippen LogP contribution in [0.15, 0.2) is 18.2 Å². The summed E-state index contributed by atoms with van der Waals surface area (Å²) in [5.74, 6) is -0.450. The van der Waals surface area contributed by atoms with Gasteiger partial charge in [-0.2, -0.15) is 17.6 Å². The fourth-order valence-corrected chi connectivity index (χ4v) is 1.09. The lowest BCUT2D eigenvalue weighted by Gasteiger charge is -2.15. The molecule has 15 heavy (non-hydrogen) atoms. The van der Waals surface area contributed by atoms with E-state index < -0.39 is 18.3 Å². The molecule has 0 heterocycles. The maximum absolute atomic E-state index is 12.5. The normalized spacial score (nSPS) is 13.7. The highest BCUT2D eigenvalue weighted by Crippen LogP contribution is 2.34. The zero-order valence-electron chi connectivity index (χ0n) is 6.99. The molecule has 0 saturated carbocycles. The van der Waals surface area contributed by atoms with E-state index in [1.165, 1.54) is 12.1 Å². The quantitative estimate of drug-likeness (QED) is 0.725. The van der Waals surface area contributed by atoms with Crippen molar-refractivity contribution in [1.82, 2.24) is 0 Å². The smallest absolute Gasteiger partial charge is 0.450 e. The van der Waals surface area contributed by atoms with Crippen molar-refractivity contribution in [2.24, 2.45) is 0 Å². The van der Waals surface area contributed by atoms with Gasteiger partial charge >= 0.3 is 12.5 Å². The van der Waals surface area contributed by atoms with Gasteiger partial charge in [-0.25, -0.2) is 0 Å². The highest BCUT2D eigenvalue weighted by Gasteiger charge is 2.42. The predicted molar refractivity (Wildman–Crippen MR) is 48.0 cm³/mol. The number of halogens is 6. The third-order valence-electron chi connectivity index (χ3n) is 1.40. The van der Waals surface area contributed by atoms with Gasteiger partial charge in [0.1, 0.15) is 10.8 Å². The van der Waals surface area contributed by atoms with Gasteiger partial charge in [-0.15, -0.1) is 0 Å². The molecule has 0 amide bonds. The Bertz CT molecular complexity index is 353. The standard InChI is InChI=1S/C8H4Cl2F4O/c9-4-2-1-3-5(6(4)10)15-7(11)8(12,13)14/h1-3,7H. The number of hydrogen-bond acceptors (Lipinski definition) is 1. The van der Waals surface area contributed by atoms with Gasteiger partial charge in [0.05, 0.1) is 5.02 Å². The van der Waals surface area contributed by atoms with Gasteiger partial charge in [-0.05, 0) is 12.1 Å². The van der Waals surface area contributed by atoms with E-state index in [0.29, 0.717) is 0 Å². The molecule has 0 bridgehead atoms. The molecule has 1 nitrogen and oxygen atoms in total. The molecule has 0 radical (unpaired) electrons. The highest BCUT2D eigenvalue weighted by molar-refractivity contribution is 6.42. The minimum atomic E-state index is -5.09. The van der Waals surface area contributed by atoms with Crippen LogP contribution < -0.4 is 4.74 Å². The largest absolute Gasteiger partial charge is 0.457 e. The summed E-state index contributed by atoms with van der Waals surface area (Å²) < 4.78 is 51.8. The van der Waals surface area contributed by atoms with E-state index in [-0.39, 0.29) is 10.0 Å². The molecule has 7 heteroatoms. The molecule has 1 atom stereocenters. The molecular formula is C8H4Cl2F4O. The minimum absolute atomic E-state index is 0.0106. The molecule has 0 saturated heterocycles. The van der Waals surface area contributed by atoms with Crippen LogP contribution in [-0.4, -0.2) is 12.5 Å². The van der Waals surface area contributed by atoms with Crippen molar-refractivity contribution < 1.29 is 22.3 Å². The Labute approximate surface area is 92.5 Å². The van der Waals surface area contributed by atoms with E-state index in [4.69, 9.17) is 23.2 Å². The summed E-state index contributed by atoms with van der Waals surface area (Å²) in [6.45, 7) is 0. The number of benzene rings is 1. The van der Waals surface area contributed by atoms with Crippen LogP contribution in [0.3, 0.4) is 0 Å². The van der Waals surface area contributed by atoms with E-state index >= 15 is 0 Å². The fraction of sp³-hybridized carbons (Fsp3) is 0.250. The second kappa shape index (κ2) is 4.45. The van der Waals surface area contributed by atoms with Gasteiger partial charge in [0.2, 0.25) is 0 Å². The molecular weight excluding hydrogens is 259 g/mol. The van der Waals surface area contributed by atoms with Crippen molar-refractivity contribution in [2.45, 2.75) is 12.5 Å². The average Bonchev–Trinajstić information content (AvgIpc) is 2.11. The second-order valence-corrected chi connectivity index (χ2v) is 3.31. The van der Waals surface area contributed by atoms with Crippen molar-refractivity contribution in [3.05, 3.63) is 28.2 Å². The van der Waals surface area contributed by atoms with Crippen LogP contribution in [0.25, 0.3) is 0 Å². The van der Waals surface area contributed by atoms with Crippen molar-refractivity contribution >= 4 is 23.2 Å². The lowest BCUT2D eigenvalue weighted by atomic mass is 10.3. The van der Waals surface area contributed by atoms with Gasteiger partial charge < -0.3 is 4.74 Å². The Morgan fingerprint density at radius 3 is 2.33 bits per heavy atom. The monoisotopic (exact) mass is 262 g/mol. The summed E-state index contributed by atoms with van der Waals surface area (Å²) in [5.41, 5.74) is 0. The number of rotatable bonds is 2. The average molecular weight is 263 g/mol. The summed E-state index contributed by atoms with van der Waals surface area (Å²) in [6, 6.07) is 3.73. The Morgan fingerprint density at radius 1 is 1.20 bits per heavy atom. The third-order valence-corrected chi connectivity index (χ3v) is 2.21. The van der Waals surface area contributed by atoms with Crippen molar-refractivity contribution in [2.75, 3.05) is 0 Å². The van der Waals surface area contributed by atoms with Crippen LogP contribution in [-0.2, 0) is 0 Å². The third kappa shape index (κ3) is 3.14. The first kappa shape index (κ1) is 12.4. The Hall–Kier alpha value is -0.680. The van der Waals surface area contributed by atoms with Crippen LogP contribution in [0.2, 0.25) is 10.0 Å². The van der Waals surface area contributed by atoms with Crippen LogP contribution in [0.5, 0.6) is 5.75 Å². The first-order chi connectivity index (χ1) is 6.82. The molecule has 0 aromatic heterocycles. The van der Waals surface area contributed by atoms with Gasteiger partial charge in [0, 0.05) is 0 Å². The Kier molecular flexibility index (Phi) is 3.67. The molecule has 0 spiro atoms. The number of ether oxygens (including phenoxy) is 1. The molecule has 0 fully saturated rings. The zero-order chi connectivity index (χ0) is 11.6. The lowest BCUT2D eigenvalue weighted by Crippen LogP contribution is -2.29. The van der Waals surface area contributed by atoms with E-state index in [0.717, 1.165) is 6.07 Å². The van der Waals surface area contributed by atoms with Crippen molar-refractivity contribution in [3.63, 3.8) is 0 Å². The van der Waals surface area contributed by atoms with Crippen molar-refractivity contribution in [1.29, 1.82) is 0 Å². The van der Waals surface area contributed by atoms with Crippen LogP contribution in [0.1, 0.15) is 0 Å². The number of alkyl halides is 4.